The molecule has 1 unspecified atom stereocenters. The quantitative estimate of drug-likeness (QED) is 0.497. The van der Waals surface area contributed by atoms with E-state index >= 15 is 0 Å². The molecule has 35 heavy (non-hydrogen) atoms. The number of anilines is 1. The SMILES string of the molecule is CCOc1cc(C(=O)NNC(=O)C2CC(=O)N(c3cccc(OC)c3)C2)cc(OCC)c1OCC. The van der Waals surface area contributed by atoms with Gasteiger partial charge in [0.15, 0.2) is 11.5 Å². The van der Waals surface area contributed by atoms with E-state index in [0.717, 1.165) is 0 Å². The Hall–Kier alpha value is -3.95. The Bertz CT molecular complexity index is 1050. The van der Waals surface area contributed by atoms with Gasteiger partial charge in [0.25, 0.3) is 5.91 Å². The molecule has 1 fully saturated rings. The van der Waals surface area contributed by atoms with Crippen LogP contribution in [0.4, 0.5) is 5.69 Å². The molecule has 1 atom stereocenters. The van der Waals surface area contributed by atoms with E-state index in [-0.39, 0.29) is 24.4 Å². The first-order chi connectivity index (χ1) is 16.9. The van der Waals surface area contributed by atoms with Crippen LogP contribution in [0.25, 0.3) is 0 Å². The second-order valence-corrected chi connectivity index (χ2v) is 7.65. The molecule has 1 aliphatic heterocycles. The smallest absolute Gasteiger partial charge is 0.269 e. The summed E-state index contributed by atoms with van der Waals surface area (Å²) in [5, 5.41) is 0. The van der Waals surface area contributed by atoms with Gasteiger partial charge in [-0.05, 0) is 45.0 Å². The van der Waals surface area contributed by atoms with E-state index in [9.17, 15) is 14.4 Å². The third-order valence-electron chi connectivity index (χ3n) is 5.33. The van der Waals surface area contributed by atoms with Crippen LogP contribution in [0.15, 0.2) is 36.4 Å². The standard InChI is InChI=1S/C25H31N3O7/c1-5-33-20-11-16(12-21(34-6-2)23(20)35-7-3)24(30)26-27-25(31)17-13-22(29)28(15-17)18-9-8-10-19(14-18)32-4/h8-12,14,17H,5-7,13,15H2,1-4H3,(H,26,30)(H,27,31). The molecule has 0 saturated carbocycles. The van der Waals surface area contributed by atoms with Crippen molar-refractivity contribution in [3.63, 3.8) is 0 Å². The van der Waals surface area contributed by atoms with Gasteiger partial charge < -0.3 is 23.8 Å². The topological polar surface area (TPSA) is 115 Å². The summed E-state index contributed by atoms with van der Waals surface area (Å²) >= 11 is 0. The third kappa shape index (κ3) is 6.14. The van der Waals surface area contributed by atoms with Crippen molar-refractivity contribution in [3.05, 3.63) is 42.0 Å². The number of rotatable bonds is 10. The van der Waals surface area contributed by atoms with Crippen LogP contribution in [0.3, 0.4) is 0 Å². The lowest BCUT2D eigenvalue weighted by molar-refractivity contribution is -0.126. The van der Waals surface area contributed by atoms with Crippen molar-refractivity contribution < 1.29 is 33.3 Å². The van der Waals surface area contributed by atoms with Gasteiger partial charge in [0.1, 0.15) is 5.75 Å². The van der Waals surface area contributed by atoms with Gasteiger partial charge in [0.2, 0.25) is 17.6 Å². The Morgan fingerprint density at radius 3 is 2.23 bits per heavy atom. The van der Waals surface area contributed by atoms with Gasteiger partial charge in [-0.1, -0.05) is 6.07 Å². The van der Waals surface area contributed by atoms with Gasteiger partial charge >= 0.3 is 0 Å². The fourth-order valence-corrected chi connectivity index (χ4v) is 3.72. The molecular formula is C25H31N3O7. The summed E-state index contributed by atoms with van der Waals surface area (Å²) in [7, 11) is 1.54. The number of hydrazine groups is 1. The normalized spacial score (nSPS) is 14.9. The molecule has 0 spiro atoms. The van der Waals surface area contributed by atoms with Crippen molar-refractivity contribution >= 4 is 23.4 Å². The fraction of sp³-hybridized carbons (Fsp3) is 0.400. The molecule has 0 radical (unpaired) electrons. The zero-order valence-electron chi connectivity index (χ0n) is 20.4. The van der Waals surface area contributed by atoms with Gasteiger partial charge in [-0.2, -0.15) is 0 Å². The highest BCUT2D eigenvalue weighted by molar-refractivity contribution is 6.01. The summed E-state index contributed by atoms with van der Waals surface area (Å²) in [6.07, 6.45) is 0.0327. The molecule has 0 aliphatic carbocycles. The number of benzene rings is 2. The molecule has 2 N–H and O–H groups in total. The van der Waals surface area contributed by atoms with Gasteiger partial charge in [0, 0.05) is 30.3 Å². The average molecular weight is 486 g/mol. The predicted molar refractivity (Wildman–Crippen MR) is 129 cm³/mol. The minimum Gasteiger partial charge on any atom is -0.497 e. The summed E-state index contributed by atoms with van der Waals surface area (Å²) < 4.78 is 22.1. The zero-order chi connectivity index (χ0) is 25.4. The molecule has 3 rings (SSSR count). The first-order valence-electron chi connectivity index (χ1n) is 11.5. The molecule has 10 nitrogen and oxygen atoms in total. The van der Waals surface area contributed by atoms with E-state index < -0.39 is 17.7 Å². The lowest BCUT2D eigenvalue weighted by atomic mass is 10.1. The number of hydrogen-bond acceptors (Lipinski definition) is 7. The maximum Gasteiger partial charge on any atom is 0.269 e. The zero-order valence-corrected chi connectivity index (χ0v) is 20.4. The Morgan fingerprint density at radius 1 is 0.971 bits per heavy atom. The van der Waals surface area contributed by atoms with Crippen molar-refractivity contribution in [2.45, 2.75) is 27.2 Å². The van der Waals surface area contributed by atoms with Crippen molar-refractivity contribution in [2.75, 3.05) is 38.4 Å². The number of ether oxygens (including phenoxy) is 4. The first kappa shape index (κ1) is 25.7. The summed E-state index contributed by atoms with van der Waals surface area (Å²) in [6.45, 7) is 6.81. The number of carbonyl (C=O) groups is 3. The minimum absolute atomic E-state index is 0.0327. The molecule has 0 aromatic heterocycles. The number of methoxy groups -OCH3 is 1. The molecule has 2 aromatic rings. The van der Waals surface area contributed by atoms with Crippen molar-refractivity contribution in [1.82, 2.24) is 10.9 Å². The van der Waals surface area contributed by atoms with Gasteiger partial charge in [0.05, 0.1) is 32.8 Å². The Labute approximate surface area is 204 Å². The Kier molecular flexibility index (Phi) is 8.77. The van der Waals surface area contributed by atoms with Crippen LogP contribution in [0.1, 0.15) is 37.6 Å². The van der Waals surface area contributed by atoms with E-state index in [0.29, 0.717) is 48.5 Å². The summed E-state index contributed by atoms with van der Waals surface area (Å²) in [6, 6.07) is 10.1. The first-order valence-corrected chi connectivity index (χ1v) is 11.5. The highest BCUT2D eigenvalue weighted by atomic mass is 16.5. The predicted octanol–water partition coefficient (Wildman–Crippen LogP) is 2.71. The van der Waals surface area contributed by atoms with Crippen LogP contribution in [-0.4, -0.2) is 51.2 Å². The van der Waals surface area contributed by atoms with Crippen LogP contribution in [0.5, 0.6) is 23.0 Å². The third-order valence-corrected chi connectivity index (χ3v) is 5.33. The molecule has 1 aliphatic rings. The Morgan fingerprint density at radius 2 is 1.63 bits per heavy atom. The molecule has 1 saturated heterocycles. The van der Waals surface area contributed by atoms with Crippen molar-refractivity contribution in [3.8, 4) is 23.0 Å². The molecule has 188 valence electrons. The van der Waals surface area contributed by atoms with E-state index in [2.05, 4.69) is 10.9 Å². The fourth-order valence-electron chi connectivity index (χ4n) is 3.72. The molecule has 0 bridgehead atoms. The van der Waals surface area contributed by atoms with Gasteiger partial charge in [-0.3, -0.25) is 25.2 Å². The van der Waals surface area contributed by atoms with Crippen LogP contribution < -0.4 is 34.7 Å². The average Bonchev–Trinajstić information content (AvgIpc) is 3.26. The largest absolute Gasteiger partial charge is 0.497 e. The lowest BCUT2D eigenvalue weighted by Gasteiger charge is -2.18. The summed E-state index contributed by atoms with van der Waals surface area (Å²) in [4.78, 5) is 39.5. The second kappa shape index (κ2) is 12.0. The van der Waals surface area contributed by atoms with Crippen LogP contribution >= 0.6 is 0 Å². The van der Waals surface area contributed by atoms with E-state index in [1.54, 1.807) is 31.4 Å². The molecule has 2 aromatic carbocycles. The summed E-state index contributed by atoms with van der Waals surface area (Å²) in [5.41, 5.74) is 5.71. The van der Waals surface area contributed by atoms with E-state index in [1.165, 1.54) is 17.0 Å². The van der Waals surface area contributed by atoms with Crippen LogP contribution in [0, 0.1) is 5.92 Å². The van der Waals surface area contributed by atoms with E-state index in [1.807, 2.05) is 20.8 Å². The molecular weight excluding hydrogens is 454 g/mol. The number of hydrogen-bond donors (Lipinski definition) is 2. The monoisotopic (exact) mass is 485 g/mol. The lowest BCUT2D eigenvalue weighted by Crippen LogP contribution is -2.45. The van der Waals surface area contributed by atoms with Gasteiger partial charge in [-0.15, -0.1) is 0 Å². The van der Waals surface area contributed by atoms with Crippen LogP contribution in [0.2, 0.25) is 0 Å². The number of nitrogens with one attached hydrogen (secondary N) is 2. The molecule has 10 heteroatoms. The number of carbonyl (C=O) groups excluding carboxylic acids is 3. The van der Waals surface area contributed by atoms with Crippen molar-refractivity contribution in [1.29, 1.82) is 0 Å². The maximum atomic E-state index is 12.8. The summed E-state index contributed by atoms with van der Waals surface area (Å²) in [5.74, 6) is -0.0524. The van der Waals surface area contributed by atoms with Crippen molar-refractivity contribution in [2.24, 2.45) is 5.92 Å². The van der Waals surface area contributed by atoms with E-state index in [4.69, 9.17) is 18.9 Å². The number of nitrogens with zero attached hydrogens (tertiary/aromatic N) is 1. The Balaban J connectivity index is 1.67. The minimum atomic E-state index is -0.618. The van der Waals surface area contributed by atoms with Crippen LogP contribution in [-0.2, 0) is 9.59 Å². The highest BCUT2D eigenvalue weighted by Crippen LogP contribution is 2.39. The highest BCUT2D eigenvalue weighted by Gasteiger charge is 2.35. The maximum absolute atomic E-state index is 12.8. The molecule has 3 amide bonds. The molecule has 1 heterocycles. The second-order valence-electron chi connectivity index (χ2n) is 7.65. The van der Waals surface area contributed by atoms with Gasteiger partial charge in [-0.25, -0.2) is 0 Å². The number of amides is 3.